The minimum atomic E-state index is -0.337. The van der Waals surface area contributed by atoms with E-state index in [-0.39, 0.29) is 6.10 Å². The second-order valence-electron chi connectivity index (χ2n) is 4.02. The summed E-state index contributed by atoms with van der Waals surface area (Å²) in [6.07, 6.45) is 7.86. The highest BCUT2D eigenvalue weighted by Crippen LogP contribution is 2.24. The Morgan fingerprint density at radius 1 is 1.27 bits per heavy atom. The molecule has 1 unspecified atom stereocenters. The average Bonchev–Trinajstić information content (AvgIpc) is 2.72. The van der Waals surface area contributed by atoms with Crippen molar-refractivity contribution in [1.29, 1.82) is 0 Å². The molecule has 0 aliphatic heterocycles. The van der Waals surface area contributed by atoms with Gasteiger partial charge in [0.1, 0.15) is 5.76 Å². The third kappa shape index (κ3) is 3.71. The van der Waals surface area contributed by atoms with Gasteiger partial charge in [0.25, 0.3) is 0 Å². The van der Waals surface area contributed by atoms with Crippen LogP contribution in [0.25, 0.3) is 0 Å². The zero-order valence-corrected chi connectivity index (χ0v) is 9.83. The summed E-state index contributed by atoms with van der Waals surface area (Å²) >= 11 is 0. The van der Waals surface area contributed by atoms with Crippen LogP contribution in [0.5, 0.6) is 0 Å². The van der Waals surface area contributed by atoms with Crippen LogP contribution < -0.4 is 0 Å². The molecule has 0 fully saturated rings. The number of aryl methyl sites for hydroxylation is 1. The van der Waals surface area contributed by atoms with Crippen LogP contribution in [0, 0.1) is 0 Å². The normalized spacial score (nSPS) is 13.0. The first-order valence-electron chi connectivity index (χ1n) is 6.03. The Morgan fingerprint density at radius 3 is 2.73 bits per heavy atom. The van der Waals surface area contributed by atoms with Gasteiger partial charge in [0.15, 0.2) is 0 Å². The molecule has 1 atom stereocenters. The maximum absolute atomic E-state index is 9.96. The van der Waals surface area contributed by atoms with Gasteiger partial charge in [-0.15, -0.1) is 0 Å². The van der Waals surface area contributed by atoms with E-state index in [0.29, 0.717) is 0 Å². The predicted octanol–water partition coefficient (Wildman–Crippen LogP) is 3.85. The van der Waals surface area contributed by atoms with Crippen LogP contribution in [0.1, 0.15) is 63.4 Å². The number of aliphatic hydroxyl groups excluding tert-OH is 1. The van der Waals surface area contributed by atoms with E-state index in [1.54, 1.807) is 6.26 Å². The Balaban J connectivity index is 2.36. The molecule has 0 saturated heterocycles. The zero-order valence-electron chi connectivity index (χ0n) is 9.83. The third-order valence-electron chi connectivity index (χ3n) is 2.79. The third-order valence-corrected chi connectivity index (χ3v) is 2.79. The number of hydrogen-bond donors (Lipinski definition) is 1. The van der Waals surface area contributed by atoms with E-state index in [9.17, 15) is 5.11 Å². The molecule has 0 aliphatic rings. The number of unbranched alkanes of at least 4 members (excludes halogenated alkanes) is 3. The van der Waals surface area contributed by atoms with Crippen LogP contribution in [0.2, 0.25) is 0 Å². The maximum Gasteiger partial charge on any atom is 0.109 e. The summed E-state index contributed by atoms with van der Waals surface area (Å²) in [6, 6.07) is 1.89. The van der Waals surface area contributed by atoms with Gasteiger partial charge in [-0.2, -0.15) is 0 Å². The van der Waals surface area contributed by atoms with Crippen molar-refractivity contribution in [2.45, 2.75) is 58.5 Å². The van der Waals surface area contributed by atoms with Crippen molar-refractivity contribution in [3.05, 3.63) is 23.7 Å². The van der Waals surface area contributed by atoms with Gasteiger partial charge in [0.05, 0.1) is 12.4 Å². The lowest BCUT2D eigenvalue weighted by Crippen LogP contribution is -1.99. The summed E-state index contributed by atoms with van der Waals surface area (Å²) in [7, 11) is 0. The Hall–Kier alpha value is -0.760. The van der Waals surface area contributed by atoms with Crippen LogP contribution in [-0.4, -0.2) is 5.11 Å². The maximum atomic E-state index is 9.96. The standard InChI is InChI=1S/C13H22O2/c1-3-5-6-7-8-12(14)11-9-10-15-13(11)4-2/h9-10,12,14H,3-8H2,1-2H3. The highest BCUT2D eigenvalue weighted by atomic mass is 16.3. The SMILES string of the molecule is CCCCCCC(O)c1ccoc1CC. The molecule has 0 spiro atoms. The fourth-order valence-corrected chi connectivity index (χ4v) is 1.85. The summed E-state index contributed by atoms with van der Waals surface area (Å²) in [4.78, 5) is 0. The van der Waals surface area contributed by atoms with Crippen molar-refractivity contribution >= 4 is 0 Å². The molecule has 2 heteroatoms. The number of aliphatic hydroxyl groups is 1. The van der Waals surface area contributed by atoms with Gasteiger partial charge < -0.3 is 9.52 Å². The molecule has 1 aromatic rings. The van der Waals surface area contributed by atoms with Gasteiger partial charge in [-0.3, -0.25) is 0 Å². The fourth-order valence-electron chi connectivity index (χ4n) is 1.85. The molecule has 0 amide bonds. The van der Waals surface area contributed by atoms with Crippen LogP contribution in [0.15, 0.2) is 16.7 Å². The Kier molecular flexibility index (Phi) is 5.48. The van der Waals surface area contributed by atoms with Gasteiger partial charge in [-0.05, 0) is 12.5 Å². The van der Waals surface area contributed by atoms with Crippen molar-refractivity contribution in [2.24, 2.45) is 0 Å². The fraction of sp³-hybridized carbons (Fsp3) is 0.692. The second-order valence-corrected chi connectivity index (χ2v) is 4.02. The van der Waals surface area contributed by atoms with Crippen LogP contribution in [0.3, 0.4) is 0 Å². The van der Waals surface area contributed by atoms with E-state index < -0.39 is 0 Å². The van der Waals surface area contributed by atoms with Crippen molar-refractivity contribution in [3.63, 3.8) is 0 Å². The summed E-state index contributed by atoms with van der Waals surface area (Å²) in [5, 5.41) is 9.96. The van der Waals surface area contributed by atoms with Crippen LogP contribution in [-0.2, 0) is 6.42 Å². The van der Waals surface area contributed by atoms with E-state index in [1.807, 2.05) is 13.0 Å². The molecule has 0 bridgehead atoms. The largest absolute Gasteiger partial charge is 0.469 e. The van der Waals surface area contributed by atoms with Gasteiger partial charge >= 0.3 is 0 Å². The van der Waals surface area contributed by atoms with Crippen molar-refractivity contribution in [2.75, 3.05) is 0 Å². The van der Waals surface area contributed by atoms with E-state index in [4.69, 9.17) is 4.42 Å². The quantitative estimate of drug-likeness (QED) is 0.693. The lowest BCUT2D eigenvalue weighted by Gasteiger charge is -2.09. The monoisotopic (exact) mass is 210 g/mol. The molecule has 0 aliphatic carbocycles. The summed E-state index contributed by atoms with van der Waals surface area (Å²) in [6.45, 7) is 4.24. The number of hydrogen-bond acceptors (Lipinski definition) is 2. The van der Waals surface area contributed by atoms with E-state index in [1.165, 1.54) is 19.3 Å². The van der Waals surface area contributed by atoms with E-state index >= 15 is 0 Å². The molecule has 1 aromatic heterocycles. The number of furan rings is 1. The topological polar surface area (TPSA) is 33.4 Å². The molecular formula is C13H22O2. The van der Waals surface area contributed by atoms with E-state index in [2.05, 4.69) is 6.92 Å². The molecular weight excluding hydrogens is 188 g/mol. The minimum Gasteiger partial charge on any atom is -0.469 e. The minimum absolute atomic E-state index is 0.337. The first-order valence-corrected chi connectivity index (χ1v) is 6.03. The molecule has 86 valence electrons. The van der Waals surface area contributed by atoms with Crippen LogP contribution >= 0.6 is 0 Å². The molecule has 1 heterocycles. The molecule has 2 nitrogen and oxygen atoms in total. The molecule has 0 aromatic carbocycles. The first kappa shape index (κ1) is 12.3. The molecule has 1 N–H and O–H groups in total. The Labute approximate surface area is 92.3 Å². The Morgan fingerprint density at radius 2 is 2.07 bits per heavy atom. The summed E-state index contributed by atoms with van der Waals surface area (Å²) in [5.74, 6) is 0.929. The van der Waals surface area contributed by atoms with Gasteiger partial charge in [0, 0.05) is 12.0 Å². The lowest BCUT2D eigenvalue weighted by molar-refractivity contribution is 0.161. The van der Waals surface area contributed by atoms with Crippen molar-refractivity contribution < 1.29 is 9.52 Å². The summed E-state index contributed by atoms with van der Waals surface area (Å²) < 4.78 is 5.30. The zero-order chi connectivity index (χ0) is 11.1. The van der Waals surface area contributed by atoms with Crippen molar-refractivity contribution in [1.82, 2.24) is 0 Å². The summed E-state index contributed by atoms with van der Waals surface area (Å²) in [5.41, 5.74) is 0.981. The smallest absolute Gasteiger partial charge is 0.109 e. The van der Waals surface area contributed by atoms with Gasteiger partial charge in [0.2, 0.25) is 0 Å². The first-order chi connectivity index (χ1) is 7.29. The van der Waals surface area contributed by atoms with Gasteiger partial charge in [-0.25, -0.2) is 0 Å². The van der Waals surface area contributed by atoms with Crippen LogP contribution in [0.4, 0.5) is 0 Å². The lowest BCUT2D eigenvalue weighted by atomic mass is 10.0. The molecule has 0 saturated carbocycles. The van der Waals surface area contributed by atoms with Crippen molar-refractivity contribution in [3.8, 4) is 0 Å². The molecule has 15 heavy (non-hydrogen) atoms. The van der Waals surface area contributed by atoms with E-state index in [0.717, 1.165) is 30.6 Å². The molecule has 1 rings (SSSR count). The second kappa shape index (κ2) is 6.67. The Bertz CT molecular complexity index is 265. The predicted molar refractivity (Wildman–Crippen MR) is 61.8 cm³/mol. The number of rotatable bonds is 7. The average molecular weight is 210 g/mol. The highest BCUT2D eigenvalue weighted by Gasteiger charge is 2.13. The molecule has 0 radical (unpaired) electrons. The highest BCUT2D eigenvalue weighted by molar-refractivity contribution is 5.19. The van der Waals surface area contributed by atoms with Gasteiger partial charge in [-0.1, -0.05) is 39.5 Å².